The van der Waals surface area contributed by atoms with E-state index in [2.05, 4.69) is 9.88 Å². The lowest BCUT2D eigenvalue weighted by atomic mass is 10.1. The van der Waals surface area contributed by atoms with E-state index in [1.54, 1.807) is 18.2 Å². The molecule has 0 unspecified atom stereocenters. The molecule has 0 atom stereocenters. The highest BCUT2D eigenvalue weighted by Crippen LogP contribution is 2.17. The summed E-state index contributed by atoms with van der Waals surface area (Å²) in [4.78, 5) is 31.2. The molecule has 0 aliphatic carbocycles. The number of hydrogen-bond donors (Lipinski definition) is 1. The molecule has 7 heteroatoms. The first-order valence-corrected chi connectivity index (χ1v) is 9.35. The van der Waals surface area contributed by atoms with E-state index in [0.29, 0.717) is 18.7 Å². The highest BCUT2D eigenvalue weighted by molar-refractivity contribution is 6.30. The number of halogens is 2. The number of benzene rings is 2. The molecule has 28 heavy (non-hydrogen) atoms. The molecule has 0 spiro atoms. The summed E-state index contributed by atoms with van der Waals surface area (Å²) in [6, 6.07) is 16.5. The molecule has 1 saturated heterocycles. The van der Waals surface area contributed by atoms with Gasteiger partial charge in [0.2, 0.25) is 5.56 Å². The van der Waals surface area contributed by atoms with Gasteiger partial charge in [0.05, 0.1) is 0 Å². The molecule has 146 valence electrons. The molecule has 1 aliphatic heterocycles. The highest BCUT2D eigenvalue weighted by Gasteiger charge is 2.22. The van der Waals surface area contributed by atoms with E-state index in [-0.39, 0.29) is 23.9 Å². The van der Waals surface area contributed by atoms with E-state index in [4.69, 9.17) is 11.6 Å². The van der Waals surface area contributed by atoms with Crippen molar-refractivity contribution in [3.05, 3.63) is 81.1 Å². The molecule has 4 rings (SSSR count). The zero-order valence-electron chi connectivity index (χ0n) is 15.2. The fraction of sp³-hybridized carbons (Fsp3) is 0.238. The first kappa shape index (κ1) is 20.4. The van der Waals surface area contributed by atoms with Crippen molar-refractivity contribution in [2.75, 3.05) is 26.2 Å². The van der Waals surface area contributed by atoms with Gasteiger partial charge in [0.15, 0.2) is 0 Å². The van der Waals surface area contributed by atoms with Crippen LogP contribution in [0, 0.1) is 0 Å². The number of rotatable bonds is 3. The number of H-pyrrole nitrogens is 1. The number of nitrogens with zero attached hydrogens (tertiary/aromatic N) is 2. The van der Waals surface area contributed by atoms with Crippen LogP contribution in [0.1, 0.15) is 15.9 Å². The van der Waals surface area contributed by atoms with Gasteiger partial charge in [-0.25, -0.2) is 0 Å². The van der Waals surface area contributed by atoms with Gasteiger partial charge in [-0.05, 0) is 47.3 Å². The van der Waals surface area contributed by atoms with Crippen LogP contribution in [0.2, 0.25) is 5.02 Å². The minimum absolute atomic E-state index is 0. The Bertz CT molecular complexity index is 1030. The topological polar surface area (TPSA) is 56.4 Å². The Kier molecular flexibility index (Phi) is 6.39. The number of carbonyl (C=O) groups excluding carboxylic acids is 1. The number of amides is 1. The van der Waals surface area contributed by atoms with Crippen molar-refractivity contribution < 1.29 is 4.79 Å². The fourth-order valence-electron chi connectivity index (χ4n) is 3.43. The van der Waals surface area contributed by atoms with Gasteiger partial charge in [0.25, 0.3) is 5.91 Å². The predicted molar refractivity (Wildman–Crippen MR) is 114 cm³/mol. The second-order valence-electron chi connectivity index (χ2n) is 6.82. The molecule has 5 nitrogen and oxygen atoms in total. The third-order valence-electron chi connectivity index (χ3n) is 4.95. The summed E-state index contributed by atoms with van der Waals surface area (Å²) >= 11 is 5.94. The van der Waals surface area contributed by atoms with Crippen LogP contribution in [0.4, 0.5) is 0 Å². The Balaban J connectivity index is 0.00000225. The Hall–Kier alpha value is -2.34. The minimum Gasteiger partial charge on any atom is -0.336 e. The second kappa shape index (κ2) is 8.78. The Morgan fingerprint density at radius 2 is 1.68 bits per heavy atom. The molecular weight excluding hydrogens is 397 g/mol. The monoisotopic (exact) mass is 417 g/mol. The van der Waals surface area contributed by atoms with Crippen LogP contribution in [0.3, 0.4) is 0 Å². The van der Waals surface area contributed by atoms with Crippen LogP contribution in [-0.2, 0) is 6.54 Å². The van der Waals surface area contributed by atoms with Gasteiger partial charge in [-0.3, -0.25) is 14.5 Å². The lowest BCUT2D eigenvalue weighted by Crippen LogP contribution is -2.48. The molecular formula is C21H21Cl2N3O2. The van der Waals surface area contributed by atoms with Crippen LogP contribution in [0.15, 0.2) is 59.4 Å². The number of piperazine rings is 1. The van der Waals surface area contributed by atoms with E-state index in [1.165, 1.54) is 11.6 Å². The molecule has 1 amide bonds. The molecule has 2 aromatic carbocycles. The van der Waals surface area contributed by atoms with Crippen molar-refractivity contribution in [3.63, 3.8) is 0 Å². The van der Waals surface area contributed by atoms with Crippen LogP contribution >= 0.6 is 24.0 Å². The summed E-state index contributed by atoms with van der Waals surface area (Å²) < 4.78 is 0. The maximum absolute atomic E-state index is 12.8. The van der Waals surface area contributed by atoms with Gasteiger partial charge in [-0.1, -0.05) is 23.7 Å². The van der Waals surface area contributed by atoms with Gasteiger partial charge in [-0.2, -0.15) is 0 Å². The van der Waals surface area contributed by atoms with Gasteiger partial charge < -0.3 is 9.88 Å². The number of hydrogen-bond acceptors (Lipinski definition) is 3. The maximum Gasteiger partial charge on any atom is 0.253 e. The van der Waals surface area contributed by atoms with E-state index in [9.17, 15) is 9.59 Å². The number of nitrogens with one attached hydrogen (secondary N) is 1. The number of fused-ring (bicyclic) bond motifs is 1. The van der Waals surface area contributed by atoms with Gasteiger partial charge in [0.1, 0.15) is 0 Å². The second-order valence-corrected chi connectivity index (χ2v) is 7.26. The van der Waals surface area contributed by atoms with E-state index >= 15 is 0 Å². The first-order chi connectivity index (χ1) is 13.1. The molecule has 1 N–H and O–H groups in total. The highest BCUT2D eigenvalue weighted by atomic mass is 35.5. The molecule has 1 aliphatic rings. The molecule has 0 radical (unpaired) electrons. The van der Waals surface area contributed by atoms with E-state index in [0.717, 1.165) is 35.6 Å². The third-order valence-corrected chi connectivity index (χ3v) is 5.20. The maximum atomic E-state index is 12.8. The third kappa shape index (κ3) is 4.55. The van der Waals surface area contributed by atoms with Crippen molar-refractivity contribution in [2.24, 2.45) is 0 Å². The van der Waals surface area contributed by atoms with Crippen LogP contribution in [-0.4, -0.2) is 46.9 Å². The molecule has 1 fully saturated rings. The van der Waals surface area contributed by atoms with Crippen molar-refractivity contribution in [3.8, 4) is 0 Å². The normalized spacial score (nSPS) is 14.7. The number of pyridine rings is 1. The Labute approximate surface area is 174 Å². The number of aromatic amines is 1. The number of aromatic nitrogens is 1. The van der Waals surface area contributed by atoms with E-state index in [1.807, 2.05) is 35.2 Å². The predicted octanol–water partition coefficient (Wildman–Crippen LogP) is 3.56. The summed E-state index contributed by atoms with van der Waals surface area (Å²) in [6.45, 7) is 3.96. The average Bonchev–Trinajstić information content (AvgIpc) is 2.69. The minimum atomic E-state index is -0.140. The van der Waals surface area contributed by atoms with Crippen LogP contribution in [0.25, 0.3) is 10.9 Å². The fourth-order valence-corrected chi connectivity index (χ4v) is 3.55. The van der Waals surface area contributed by atoms with Crippen LogP contribution in [0.5, 0.6) is 0 Å². The lowest BCUT2D eigenvalue weighted by molar-refractivity contribution is 0.0628. The van der Waals surface area contributed by atoms with Crippen molar-refractivity contribution in [1.82, 2.24) is 14.8 Å². The molecule has 2 heterocycles. The summed E-state index contributed by atoms with van der Waals surface area (Å²) in [5.41, 5.74) is 2.48. The first-order valence-electron chi connectivity index (χ1n) is 8.98. The standard InChI is InChI=1S/C21H20ClN3O2.ClH/c22-18-5-1-15(2-6-18)14-24-9-11-25(12-10-24)21(27)17-3-7-19-16(13-17)4-8-20(26)23-19;/h1-8,13H,9-12,14H2,(H,23,26);1H. The van der Waals surface area contributed by atoms with Crippen LogP contribution < -0.4 is 5.56 Å². The summed E-state index contributed by atoms with van der Waals surface area (Å²) in [7, 11) is 0. The van der Waals surface area contributed by atoms with Crippen molar-refractivity contribution in [2.45, 2.75) is 6.54 Å². The van der Waals surface area contributed by atoms with Crippen molar-refractivity contribution in [1.29, 1.82) is 0 Å². The molecule has 3 aromatic rings. The summed E-state index contributed by atoms with van der Waals surface area (Å²) in [6.07, 6.45) is 0. The van der Waals surface area contributed by atoms with Gasteiger partial charge in [0, 0.05) is 54.9 Å². The number of carbonyl (C=O) groups is 1. The molecule has 0 saturated carbocycles. The SMILES string of the molecule is Cl.O=C(c1ccc2[nH]c(=O)ccc2c1)N1CCN(Cc2ccc(Cl)cc2)CC1. The largest absolute Gasteiger partial charge is 0.336 e. The molecule has 1 aromatic heterocycles. The molecule has 0 bridgehead atoms. The van der Waals surface area contributed by atoms with E-state index < -0.39 is 0 Å². The lowest BCUT2D eigenvalue weighted by Gasteiger charge is -2.34. The zero-order valence-corrected chi connectivity index (χ0v) is 16.8. The van der Waals surface area contributed by atoms with Gasteiger partial charge >= 0.3 is 0 Å². The Morgan fingerprint density at radius 3 is 2.39 bits per heavy atom. The van der Waals surface area contributed by atoms with Gasteiger partial charge in [-0.15, -0.1) is 12.4 Å². The Morgan fingerprint density at radius 1 is 0.964 bits per heavy atom. The summed E-state index contributed by atoms with van der Waals surface area (Å²) in [5.74, 6) is 0.0363. The smallest absolute Gasteiger partial charge is 0.253 e. The quantitative estimate of drug-likeness (QED) is 0.708. The summed E-state index contributed by atoms with van der Waals surface area (Å²) in [5, 5.41) is 1.61. The average molecular weight is 418 g/mol. The van der Waals surface area contributed by atoms with Crippen molar-refractivity contribution >= 4 is 40.8 Å². The zero-order chi connectivity index (χ0) is 18.8.